The van der Waals surface area contributed by atoms with Crippen LogP contribution in [0.4, 0.5) is 0 Å². The molecule has 1 saturated carbocycles. The number of rotatable bonds is 0. The molecule has 2 heterocycles. The minimum atomic E-state index is 0.0122. The van der Waals surface area contributed by atoms with Crippen LogP contribution in [0.3, 0.4) is 0 Å². The number of fused-ring (bicyclic) bond motifs is 3. The highest BCUT2D eigenvalue weighted by molar-refractivity contribution is 9.10. The molecule has 0 spiro atoms. The van der Waals surface area contributed by atoms with Crippen molar-refractivity contribution >= 4 is 15.9 Å². The molecule has 0 aromatic heterocycles. The highest BCUT2D eigenvalue weighted by Gasteiger charge is 2.56. The van der Waals surface area contributed by atoms with Crippen LogP contribution in [-0.4, -0.2) is 15.5 Å². The van der Waals surface area contributed by atoms with Gasteiger partial charge in [0.1, 0.15) is 0 Å². The van der Waals surface area contributed by atoms with Crippen molar-refractivity contribution < 1.29 is 4.74 Å². The van der Waals surface area contributed by atoms with E-state index in [1.54, 1.807) is 0 Å². The van der Waals surface area contributed by atoms with Gasteiger partial charge in [-0.15, -0.1) is 0 Å². The Morgan fingerprint density at radius 3 is 1.83 bits per heavy atom. The summed E-state index contributed by atoms with van der Waals surface area (Å²) in [6.07, 6.45) is 4.94. The predicted octanol–water partition coefficient (Wildman–Crippen LogP) is 3.26. The van der Waals surface area contributed by atoms with Crippen molar-refractivity contribution in [3.63, 3.8) is 0 Å². The average Bonchev–Trinajstić information content (AvgIpc) is 1.92. The fourth-order valence-corrected chi connectivity index (χ4v) is 3.06. The van der Waals surface area contributed by atoms with Crippen LogP contribution in [0.1, 0.15) is 46.5 Å². The largest absolute Gasteiger partial charge is 0.368 e. The van der Waals surface area contributed by atoms with Crippen LogP contribution in [0.15, 0.2) is 0 Å². The van der Waals surface area contributed by atoms with Crippen LogP contribution in [-0.2, 0) is 4.74 Å². The highest BCUT2D eigenvalue weighted by atomic mass is 79.9. The molecule has 3 rings (SSSR count). The maximum absolute atomic E-state index is 6.12. The summed E-state index contributed by atoms with van der Waals surface area (Å²) in [4.78, 5) is 0. The highest BCUT2D eigenvalue weighted by Crippen LogP contribution is 2.56. The van der Waals surface area contributed by atoms with Crippen molar-refractivity contribution in [2.45, 2.75) is 62.0 Å². The van der Waals surface area contributed by atoms with Gasteiger partial charge in [0.15, 0.2) is 0 Å². The molecule has 3 aliphatic rings. The van der Waals surface area contributed by atoms with Gasteiger partial charge in [-0.05, 0) is 46.5 Å². The minimum Gasteiger partial charge on any atom is -0.368 e. The average molecular weight is 233 g/mol. The molecule has 0 atom stereocenters. The van der Waals surface area contributed by atoms with Gasteiger partial charge in [-0.3, -0.25) is 0 Å². The van der Waals surface area contributed by atoms with Crippen LogP contribution >= 0.6 is 15.9 Å². The number of hydrogen-bond acceptors (Lipinski definition) is 1. The fourth-order valence-electron chi connectivity index (χ4n) is 2.59. The van der Waals surface area contributed by atoms with Gasteiger partial charge < -0.3 is 4.74 Å². The van der Waals surface area contributed by atoms with E-state index in [2.05, 4.69) is 36.7 Å². The third kappa shape index (κ3) is 1.07. The zero-order valence-corrected chi connectivity index (χ0v) is 9.70. The minimum absolute atomic E-state index is 0.0122. The molecule has 0 aromatic carbocycles. The molecule has 2 bridgehead atoms. The quantitative estimate of drug-likeness (QED) is 0.583. The molecule has 0 radical (unpaired) electrons. The Balaban J connectivity index is 2.32. The first-order valence-electron chi connectivity index (χ1n) is 4.76. The van der Waals surface area contributed by atoms with Crippen LogP contribution in [0, 0.1) is 0 Å². The van der Waals surface area contributed by atoms with Crippen LogP contribution in [0.5, 0.6) is 0 Å². The lowest BCUT2D eigenvalue weighted by atomic mass is 9.69. The second kappa shape index (κ2) is 2.27. The van der Waals surface area contributed by atoms with Gasteiger partial charge in [-0.2, -0.15) is 0 Å². The van der Waals surface area contributed by atoms with E-state index >= 15 is 0 Å². The molecule has 3 fully saturated rings. The monoisotopic (exact) mass is 232 g/mol. The standard InChI is InChI=1S/C10H17BrO/c1-8(2)10(11)6-4-9(3,12-8)5-7-10/h4-7H2,1-3H3. The van der Waals surface area contributed by atoms with E-state index in [1.165, 1.54) is 25.7 Å². The number of halogens is 1. The molecule has 1 nitrogen and oxygen atoms in total. The van der Waals surface area contributed by atoms with Crippen LogP contribution < -0.4 is 0 Å². The SMILES string of the molecule is CC12CCC(Br)(CC1)C(C)(C)O2. The summed E-state index contributed by atoms with van der Waals surface area (Å²) in [7, 11) is 0. The molecule has 0 amide bonds. The van der Waals surface area contributed by atoms with Crippen molar-refractivity contribution in [2.24, 2.45) is 0 Å². The summed E-state index contributed by atoms with van der Waals surface area (Å²) in [5, 5.41) is 0. The Labute approximate surface area is 83.0 Å². The van der Waals surface area contributed by atoms with Gasteiger partial charge in [0.2, 0.25) is 0 Å². The summed E-state index contributed by atoms with van der Waals surface area (Å²) in [5.74, 6) is 0. The van der Waals surface area contributed by atoms with E-state index in [0.29, 0.717) is 0 Å². The van der Waals surface area contributed by atoms with E-state index in [4.69, 9.17) is 4.74 Å². The van der Waals surface area contributed by atoms with Crippen molar-refractivity contribution in [2.75, 3.05) is 0 Å². The third-order valence-electron chi connectivity index (χ3n) is 3.68. The topological polar surface area (TPSA) is 9.23 Å². The van der Waals surface area contributed by atoms with E-state index < -0.39 is 0 Å². The maximum atomic E-state index is 6.12. The second-order valence-corrected chi connectivity index (χ2v) is 6.55. The smallest absolute Gasteiger partial charge is 0.0786 e. The maximum Gasteiger partial charge on any atom is 0.0786 e. The number of alkyl halides is 1. The van der Waals surface area contributed by atoms with Crippen molar-refractivity contribution in [3.8, 4) is 0 Å². The lowest BCUT2D eigenvalue weighted by molar-refractivity contribution is -0.215. The van der Waals surface area contributed by atoms with E-state index in [9.17, 15) is 0 Å². The zero-order valence-electron chi connectivity index (χ0n) is 8.11. The van der Waals surface area contributed by atoms with Gasteiger partial charge in [-0.1, -0.05) is 15.9 Å². The molecule has 2 heteroatoms. The Morgan fingerprint density at radius 2 is 1.50 bits per heavy atom. The summed E-state index contributed by atoms with van der Waals surface area (Å²) in [6, 6.07) is 0. The first-order chi connectivity index (χ1) is 5.37. The molecular formula is C10H17BrO. The van der Waals surface area contributed by atoms with Gasteiger partial charge in [-0.25, -0.2) is 0 Å². The van der Waals surface area contributed by atoms with Crippen molar-refractivity contribution in [1.29, 1.82) is 0 Å². The van der Waals surface area contributed by atoms with E-state index in [0.717, 1.165) is 0 Å². The molecular weight excluding hydrogens is 216 g/mol. The molecule has 70 valence electrons. The van der Waals surface area contributed by atoms with Gasteiger partial charge >= 0.3 is 0 Å². The van der Waals surface area contributed by atoms with E-state index in [1.807, 2.05) is 0 Å². The van der Waals surface area contributed by atoms with Gasteiger partial charge in [0, 0.05) is 0 Å². The fraction of sp³-hybridized carbons (Fsp3) is 1.00. The van der Waals surface area contributed by atoms with Gasteiger partial charge in [0.05, 0.1) is 15.5 Å². The molecule has 12 heavy (non-hydrogen) atoms. The third-order valence-corrected chi connectivity index (χ3v) is 5.43. The Bertz CT molecular complexity index is 202. The zero-order chi connectivity index (χ0) is 9.04. The number of hydrogen-bond donors (Lipinski definition) is 0. The summed E-state index contributed by atoms with van der Waals surface area (Å²) < 4.78 is 6.36. The Hall–Kier alpha value is 0.440. The summed E-state index contributed by atoms with van der Waals surface area (Å²) in [5.41, 5.74) is 0.178. The summed E-state index contributed by atoms with van der Waals surface area (Å²) >= 11 is 3.85. The second-order valence-electron chi connectivity index (χ2n) is 5.03. The van der Waals surface area contributed by atoms with Crippen molar-refractivity contribution in [1.82, 2.24) is 0 Å². The Morgan fingerprint density at radius 1 is 1.00 bits per heavy atom. The van der Waals surface area contributed by atoms with E-state index in [-0.39, 0.29) is 15.5 Å². The normalized spacial score (nSPS) is 51.0. The first kappa shape index (κ1) is 9.01. The molecule has 1 aliphatic carbocycles. The molecule has 2 saturated heterocycles. The summed E-state index contributed by atoms with van der Waals surface area (Å²) in [6.45, 7) is 6.66. The first-order valence-corrected chi connectivity index (χ1v) is 5.55. The Kier molecular flexibility index (Phi) is 1.70. The molecule has 2 aliphatic heterocycles. The lowest BCUT2D eigenvalue weighted by Crippen LogP contribution is -2.62. The van der Waals surface area contributed by atoms with Crippen LogP contribution in [0.25, 0.3) is 0 Å². The predicted molar refractivity (Wildman–Crippen MR) is 53.7 cm³/mol. The van der Waals surface area contributed by atoms with Gasteiger partial charge in [0.25, 0.3) is 0 Å². The molecule has 0 aromatic rings. The number of ether oxygens (including phenoxy) is 1. The van der Waals surface area contributed by atoms with Crippen molar-refractivity contribution in [3.05, 3.63) is 0 Å². The molecule has 0 N–H and O–H groups in total. The lowest BCUT2D eigenvalue weighted by Gasteiger charge is -2.58. The molecule has 0 unspecified atom stereocenters. The van der Waals surface area contributed by atoms with Crippen LogP contribution in [0.2, 0.25) is 0 Å².